The first-order valence-electron chi connectivity index (χ1n) is 8.29. The van der Waals surface area contributed by atoms with Crippen molar-refractivity contribution in [2.75, 3.05) is 0 Å². The lowest BCUT2D eigenvalue weighted by molar-refractivity contribution is -0.115. The summed E-state index contributed by atoms with van der Waals surface area (Å²) in [6.45, 7) is 6.23. The van der Waals surface area contributed by atoms with Crippen molar-refractivity contribution >= 4 is 22.6 Å². The Kier molecular flexibility index (Phi) is 3.14. The van der Waals surface area contributed by atoms with Crippen LogP contribution in [0.5, 0.6) is 0 Å². The maximum absolute atomic E-state index is 12.6. The second-order valence-electron chi connectivity index (χ2n) is 7.44. The van der Waals surface area contributed by atoms with E-state index in [1.807, 2.05) is 31.2 Å². The number of carbonyl (C=O) groups is 2. The molecule has 0 spiro atoms. The van der Waals surface area contributed by atoms with Crippen LogP contribution in [0.1, 0.15) is 37.6 Å². The zero-order chi connectivity index (χ0) is 17.1. The molecule has 0 bridgehead atoms. The first-order valence-corrected chi connectivity index (χ1v) is 8.29. The Labute approximate surface area is 141 Å². The number of nitrogens with one attached hydrogen (secondary N) is 1. The summed E-state index contributed by atoms with van der Waals surface area (Å²) >= 11 is 0. The second-order valence-corrected chi connectivity index (χ2v) is 7.44. The molecule has 2 fully saturated rings. The minimum atomic E-state index is -0.180. The summed E-state index contributed by atoms with van der Waals surface area (Å²) in [7, 11) is 0. The lowest BCUT2D eigenvalue weighted by Gasteiger charge is -2.14. The predicted molar refractivity (Wildman–Crippen MR) is 92.3 cm³/mol. The summed E-state index contributed by atoms with van der Waals surface area (Å²) in [5.41, 5.74) is 3.14. The summed E-state index contributed by atoms with van der Waals surface area (Å²) in [6, 6.07) is 9.22. The lowest BCUT2D eigenvalue weighted by atomic mass is 9.95. The number of aromatic nitrogens is 1. The number of hydrogen-bond acceptors (Lipinski definition) is 3. The van der Waals surface area contributed by atoms with Gasteiger partial charge in [0.2, 0.25) is 0 Å². The molecule has 0 radical (unpaired) electrons. The molecule has 1 heterocycles. The molecule has 2 aliphatic rings. The van der Waals surface area contributed by atoms with Crippen LogP contribution in [0.2, 0.25) is 0 Å². The molecule has 1 aromatic heterocycles. The van der Waals surface area contributed by atoms with Gasteiger partial charge in [0.25, 0.3) is 5.91 Å². The molecular weight excluding hydrogens is 300 g/mol. The predicted octanol–water partition coefficient (Wildman–Crippen LogP) is 3.48. The molecule has 4 nitrogen and oxygen atoms in total. The normalized spacial score (nSPS) is 26.2. The van der Waals surface area contributed by atoms with Gasteiger partial charge < -0.3 is 5.32 Å². The fraction of sp³-hybridized carbons (Fsp3) is 0.350. The van der Waals surface area contributed by atoms with Gasteiger partial charge in [-0.3, -0.25) is 14.6 Å². The summed E-state index contributed by atoms with van der Waals surface area (Å²) in [4.78, 5) is 29.0. The number of benzene rings is 1. The van der Waals surface area contributed by atoms with Gasteiger partial charge in [0, 0.05) is 34.8 Å². The Morgan fingerprint density at radius 1 is 1.29 bits per heavy atom. The topological polar surface area (TPSA) is 59.1 Å². The van der Waals surface area contributed by atoms with Gasteiger partial charge in [-0.2, -0.15) is 0 Å². The van der Waals surface area contributed by atoms with E-state index in [9.17, 15) is 9.59 Å². The maximum Gasteiger partial charge on any atom is 0.255 e. The highest BCUT2D eigenvalue weighted by Crippen LogP contribution is 2.68. The molecule has 0 aliphatic heterocycles. The molecule has 2 aliphatic carbocycles. The molecule has 2 atom stereocenters. The minimum Gasteiger partial charge on any atom is -0.326 e. The molecule has 2 aromatic rings. The molecule has 0 saturated heterocycles. The number of pyridine rings is 1. The van der Waals surface area contributed by atoms with E-state index < -0.39 is 0 Å². The van der Waals surface area contributed by atoms with Crippen LogP contribution in [0.3, 0.4) is 0 Å². The van der Waals surface area contributed by atoms with E-state index in [1.54, 1.807) is 12.3 Å². The Morgan fingerprint density at radius 3 is 2.83 bits per heavy atom. The number of carbonyl (C=O) groups excluding carboxylic acids is 2. The van der Waals surface area contributed by atoms with E-state index in [2.05, 4.69) is 24.1 Å². The van der Waals surface area contributed by atoms with Gasteiger partial charge in [0.05, 0.1) is 5.52 Å². The third kappa shape index (κ3) is 2.17. The van der Waals surface area contributed by atoms with E-state index in [-0.39, 0.29) is 17.1 Å². The highest BCUT2D eigenvalue weighted by atomic mass is 16.2. The zero-order valence-corrected chi connectivity index (χ0v) is 14.1. The van der Waals surface area contributed by atoms with E-state index in [0.717, 1.165) is 16.5 Å². The van der Waals surface area contributed by atoms with Gasteiger partial charge in [-0.05, 0) is 48.4 Å². The molecule has 4 rings (SSSR count). The van der Waals surface area contributed by atoms with Crippen molar-refractivity contribution in [3.63, 3.8) is 0 Å². The molecule has 1 amide bonds. The van der Waals surface area contributed by atoms with Crippen LogP contribution in [0.25, 0.3) is 10.9 Å². The van der Waals surface area contributed by atoms with Gasteiger partial charge in [-0.1, -0.05) is 19.9 Å². The first-order chi connectivity index (χ1) is 11.4. The maximum atomic E-state index is 12.6. The number of rotatable bonds is 2. The van der Waals surface area contributed by atoms with Gasteiger partial charge in [-0.15, -0.1) is 0 Å². The summed E-state index contributed by atoms with van der Waals surface area (Å²) < 4.78 is 0. The SMILES string of the molecule is C/C(NC(=O)c1ccc2ncccc2c1)=C1/C(=O)C[C@@H]2[C@H]1C2(C)C. The quantitative estimate of drug-likeness (QED) is 0.862. The Balaban J connectivity index is 1.61. The number of hydrogen-bond donors (Lipinski definition) is 1. The van der Waals surface area contributed by atoms with E-state index in [0.29, 0.717) is 29.5 Å². The van der Waals surface area contributed by atoms with Crippen LogP contribution < -0.4 is 5.32 Å². The van der Waals surface area contributed by atoms with Crippen molar-refractivity contribution in [3.05, 3.63) is 53.4 Å². The van der Waals surface area contributed by atoms with Crippen molar-refractivity contribution in [2.45, 2.75) is 27.2 Å². The van der Waals surface area contributed by atoms with Gasteiger partial charge in [-0.25, -0.2) is 0 Å². The van der Waals surface area contributed by atoms with Crippen molar-refractivity contribution in [1.82, 2.24) is 10.3 Å². The van der Waals surface area contributed by atoms with Crippen molar-refractivity contribution in [2.24, 2.45) is 17.3 Å². The van der Waals surface area contributed by atoms with Crippen molar-refractivity contribution in [3.8, 4) is 0 Å². The minimum absolute atomic E-state index is 0.180. The fourth-order valence-corrected chi connectivity index (χ4v) is 4.15. The van der Waals surface area contributed by atoms with E-state index in [1.165, 1.54) is 0 Å². The average Bonchev–Trinajstić information content (AvgIpc) is 2.91. The second kappa shape index (κ2) is 5.00. The molecule has 2 saturated carbocycles. The van der Waals surface area contributed by atoms with Crippen molar-refractivity contribution in [1.29, 1.82) is 0 Å². The molecule has 0 unspecified atom stereocenters. The number of Topliss-reactive ketones (excluding diaryl/α,β-unsaturated/α-hetero) is 1. The molecule has 1 aromatic carbocycles. The standard InChI is InChI=1S/C20H20N2O2/c1-11(17-16(23)10-14-18(17)20(14,2)3)22-19(24)13-6-7-15-12(9-13)5-4-8-21-15/h4-9,14,18H,10H2,1-3H3,(H,22,24)/b17-11+/t14-,18-/m1/s1. The molecule has 122 valence electrons. The van der Waals surface area contributed by atoms with E-state index >= 15 is 0 Å². The summed E-state index contributed by atoms with van der Waals surface area (Å²) in [5.74, 6) is 0.745. The number of allylic oxidation sites excluding steroid dienone is 2. The van der Waals surface area contributed by atoms with Crippen LogP contribution in [0, 0.1) is 17.3 Å². The van der Waals surface area contributed by atoms with E-state index in [4.69, 9.17) is 0 Å². The molecule has 1 N–H and O–H groups in total. The highest BCUT2D eigenvalue weighted by Gasteiger charge is 2.65. The zero-order valence-electron chi connectivity index (χ0n) is 14.1. The number of fused-ring (bicyclic) bond motifs is 2. The smallest absolute Gasteiger partial charge is 0.255 e. The summed E-state index contributed by atoms with van der Waals surface area (Å²) in [5, 5.41) is 3.85. The third-order valence-electron chi connectivity index (χ3n) is 5.64. The van der Waals surface area contributed by atoms with Gasteiger partial charge in [0.1, 0.15) is 0 Å². The summed E-state index contributed by atoms with van der Waals surface area (Å²) in [6.07, 6.45) is 2.35. The molecule has 4 heteroatoms. The largest absolute Gasteiger partial charge is 0.326 e. The van der Waals surface area contributed by atoms with Gasteiger partial charge in [0.15, 0.2) is 5.78 Å². The lowest BCUT2D eigenvalue weighted by Crippen LogP contribution is -2.24. The van der Waals surface area contributed by atoms with Crippen LogP contribution in [-0.4, -0.2) is 16.7 Å². The highest BCUT2D eigenvalue weighted by molar-refractivity contribution is 6.03. The first kappa shape index (κ1) is 15.1. The molecular formula is C20H20N2O2. The Hall–Kier alpha value is -2.49. The van der Waals surface area contributed by atoms with Gasteiger partial charge >= 0.3 is 0 Å². The number of ketones is 1. The Morgan fingerprint density at radius 2 is 2.08 bits per heavy atom. The fourth-order valence-electron chi connectivity index (χ4n) is 4.15. The molecule has 24 heavy (non-hydrogen) atoms. The number of nitrogens with zero attached hydrogens (tertiary/aromatic N) is 1. The van der Waals surface area contributed by atoms with Crippen LogP contribution in [0.15, 0.2) is 47.8 Å². The monoisotopic (exact) mass is 320 g/mol. The Bertz CT molecular complexity index is 911. The van der Waals surface area contributed by atoms with Crippen molar-refractivity contribution < 1.29 is 9.59 Å². The van der Waals surface area contributed by atoms with Crippen LogP contribution in [-0.2, 0) is 4.79 Å². The third-order valence-corrected chi connectivity index (χ3v) is 5.64. The van der Waals surface area contributed by atoms with Crippen LogP contribution in [0.4, 0.5) is 0 Å². The van der Waals surface area contributed by atoms with Crippen LogP contribution >= 0.6 is 0 Å². The number of amides is 1. The average molecular weight is 320 g/mol.